The minimum atomic E-state index is 0.00875. The number of hydrogen-bond donors (Lipinski definition) is 1. The van der Waals surface area contributed by atoms with Gasteiger partial charge in [0.25, 0.3) is 5.91 Å². The first-order chi connectivity index (χ1) is 10.2. The van der Waals surface area contributed by atoms with E-state index in [-0.39, 0.29) is 11.9 Å². The average Bonchev–Trinajstić information content (AvgIpc) is 3.01. The molecule has 0 radical (unpaired) electrons. The van der Waals surface area contributed by atoms with Crippen LogP contribution in [0.4, 0.5) is 0 Å². The zero-order valence-corrected chi connectivity index (χ0v) is 12.5. The van der Waals surface area contributed by atoms with Gasteiger partial charge in [0.2, 0.25) is 0 Å². The van der Waals surface area contributed by atoms with Gasteiger partial charge >= 0.3 is 0 Å². The number of hydrogen-bond acceptors (Lipinski definition) is 3. The van der Waals surface area contributed by atoms with Crippen molar-refractivity contribution in [3.05, 3.63) is 47.0 Å². The first-order valence-corrected chi connectivity index (χ1v) is 7.40. The fraction of sp³-hybridized carbons (Fsp3) is 0.438. The first-order valence-electron chi connectivity index (χ1n) is 7.40. The minimum absolute atomic E-state index is 0.00875. The Bertz CT molecular complexity index is 636. The lowest BCUT2D eigenvalue weighted by molar-refractivity contribution is 0.0599. The summed E-state index contributed by atoms with van der Waals surface area (Å²) in [5, 5.41) is 6.83. The van der Waals surface area contributed by atoms with E-state index in [4.69, 9.17) is 0 Å². The van der Waals surface area contributed by atoms with Crippen molar-refractivity contribution in [3.8, 4) is 0 Å². The summed E-state index contributed by atoms with van der Waals surface area (Å²) in [6.07, 6.45) is 4.60. The Hall–Kier alpha value is -2.17. The molecule has 1 atom stereocenters. The topological polar surface area (TPSA) is 61.9 Å². The van der Waals surface area contributed by atoms with Crippen LogP contribution < -0.4 is 0 Å². The number of likely N-dealkylation sites (tertiary alicyclic amines) is 1. The molecule has 1 unspecified atom stereocenters. The number of aromatic amines is 1. The van der Waals surface area contributed by atoms with Crippen molar-refractivity contribution < 1.29 is 4.79 Å². The van der Waals surface area contributed by atoms with E-state index in [9.17, 15) is 4.79 Å². The molecule has 1 amide bonds. The molecule has 3 rings (SSSR count). The Morgan fingerprint density at radius 3 is 2.90 bits per heavy atom. The van der Waals surface area contributed by atoms with Crippen LogP contribution in [0.1, 0.15) is 52.6 Å². The van der Waals surface area contributed by atoms with Crippen molar-refractivity contribution in [2.45, 2.75) is 39.2 Å². The zero-order valence-electron chi connectivity index (χ0n) is 12.5. The molecule has 0 spiro atoms. The third-order valence-electron chi connectivity index (χ3n) is 4.13. The van der Waals surface area contributed by atoms with E-state index in [0.29, 0.717) is 0 Å². The van der Waals surface area contributed by atoms with Gasteiger partial charge in [-0.1, -0.05) is 17.7 Å². The van der Waals surface area contributed by atoms with Crippen molar-refractivity contribution in [1.82, 2.24) is 20.1 Å². The van der Waals surface area contributed by atoms with E-state index in [1.165, 1.54) is 11.9 Å². The van der Waals surface area contributed by atoms with Crippen LogP contribution in [0.5, 0.6) is 0 Å². The van der Waals surface area contributed by atoms with Crippen molar-refractivity contribution in [3.63, 3.8) is 0 Å². The average molecular weight is 284 g/mol. The largest absolute Gasteiger partial charge is 0.328 e. The minimum Gasteiger partial charge on any atom is -0.328 e. The van der Waals surface area contributed by atoms with Gasteiger partial charge in [0.15, 0.2) is 0 Å². The van der Waals surface area contributed by atoms with Crippen LogP contribution in [-0.2, 0) is 0 Å². The Morgan fingerprint density at radius 1 is 1.33 bits per heavy atom. The zero-order chi connectivity index (χ0) is 14.8. The highest BCUT2D eigenvalue weighted by Crippen LogP contribution is 2.30. The second-order valence-electron chi connectivity index (χ2n) is 5.70. The lowest BCUT2D eigenvalue weighted by Crippen LogP contribution is -2.39. The Balaban J connectivity index is 1.91. The van der Waals surface area contributed by atoms with Gasteiger partial charge in [-0.15, -0.1) is 0 Å². The Morgan fingerprint density at radius 2 is 2.19 bits per heavy atom. The molecule has 0 aliphatic carbocycles. The third kappa shape index (κ3) is 2.68. The molecule has 110 valence electrons. The molecule has 5 nitrogen and oxygen atoms in total. The van der Waals surface area contributed by atoms with Crippen LogP contribution in [0.3, 0.4) is 0 Å². The predicted molar refractivity (Wildman–Crippen MR) is 79.9 cm³/mol. The number of carbonyl (C=O) groups excluding carboxylic acids is 1. The number of piperidine rings is 1. The predicted octanol–water partition coefficient (Wildman–Crippen LogP) is 2.79. The van der Waals surface area contributed by atoms with Gasteiger partial charge in [-0.3, -0.25) is 9.89 Å². The summed E-state index contributed by atoms with van der Waals surface area (Å²) in [5.41, 5.74) is 2.99. The molecule has 0 saturated carbocycles. The highest BCUT2D eigenvalue weighted by Gasteiger charge is 2.30. The van der Waals surface area contributed by atoms with Crippen LogP contribution in [0.15, 0.2) is 24.5 Å². The van der Waals surface area contributed by atoms with Crippen molar-refractivity contribution in [2.24, 2.45) is 0 Å². The summed E-state index contributed by atoms with van der Waals surface area (Å²) >= 11 is 0. The normalized spacial score (nSPS) is 18.8. The molecule has 2 heterocycles. The number of carbonyl (C=O) groups is 1. The fourth-order valence-corrected chi connectivity index (χ4v) is 3.04. The van der Waals surface area contributed by atoms with Gasteiger partial charge in [-0.25, -0.2) is 4.98 Å². The standard InChI is InChI=1S/C16H20N4O/c1-11-6-7-13(12(2)9-11)16(21)20-8-4-3-5-14(20)15-17-10-18-19-15/h6-7,9-10,14H,3-5,8H2,1-2H3,(H,17,18,19). The molecular weight excluding hydrogens is 264 g/mol. The van der Waals surface area contributed by atoms with E-state index in [1.54, 1.807) is 0 Å². The van der Waals surface area contributed by atoms with Crippen LogP contribution >= 0.6 is 0 Å². The smallest absolute Gasteiger partial charge is 0.254 e. The van der Waals surface area contributed by atoms with Crippen LogP contribution in [0, 0.1) is 13.8 Å². The number of rotatable bonds is 2. The SMILES string of the molecule is Cc1ccc(C(=O)N2CCCCC2c2ncn[nH]2)c(C)c1. The molecule has 5 heteroatoms. The van der Waals surface area contributed by atoms with E-state index in [0.717, 1.165) is 42.8 Å². The van der Waals surface area contributed by atoms with Crippen molar-refractivity contribution in [2.75, 3.05) is 6.54 Å². The maximum Gasteiger partial charge on any atom is 0.254 e. The molecule has 1 fully saturated rings. The molecule has 1 aliphatic heterocycles. The van der Waals surface area contributed by atoms with Gasteiger partial charge < -0.3 is 4.90 Å². The second kappa shape index (κ2) is 5.68. The molecule has 21 heavy (non-hydrogen) atoms. The Labute approximate surface area is 124 Å². The molecule has 1 aromatic carbocycles. The lowest BCUT2D eigenvalue weighted by Gasteiger charge is -2.34. The second-order valence-corrected chi connectivity index (χ2v) is 5.70. The summed E-state index contributed by atoms with van der Waals surface area (Å²) < 4.78 is 0. The number of aryl methyl sites for hydroxylation is 2. The maximum atomic E-state index is 12.9. The molecule has 1 saturated heterocycles. The highest BCUT2D eigenvalue weighted by atomic mass is 16.2. The monoisotopic (exact) mass is 284 g/mol. The lowest BCUT2D eigenvalue weighted by atomic mass is 9.98. The molecule has 2 aromatic rings. The highest BCUT2D eigenvalue weighted by molar-refractivity contribution is 5.96. The maximum absolute atomic E-state index is 12.9. The molecule has 0 bridgehead atoms. The van der Waals surface area contributed by atoms with Gasteiger partial charge in [-0.2, -0.15) is 5.10 Å². The molecular formula is C16H20N4O. The fourth-order valence-electron chi connectivity index (χ4n) is 3.04. The third-order valence-corrected chi connectivity index (χ3v) is 4.13. The van der Waals surface area contributed by atoms with Gasteiger partial charge in [0.05, 0.1) is 6.04 Å². The summed E-state index contributed by atoms with van der Waals surface area (Å²) in [4.78, 5) is 19.1. The van der Waals surface area contributed by atoms with Gasteiger partial charge in [-0.05, 0) is 44.7 Å². The number of aromatic nitrogens is 3. The number of nitrogens with one attached hydrogen (secondary N) is 1. The summed E-state index contributed by atoms with van der Waals surface area (Å²) in [6.45, 7) is 4.81. The van der Waals surface area contributed by atoms with Crippen LogP contribution in [0.2, 0.25) is 0 Å². The molecule has 1 aromatic heterocycles. The van der Waals surface area contributed by atoms with E-state index < -0.39 is 0 Å². The number of H-pyrrole nitrogens is 1. The number of amides is 1. The quantitative estimate of drug-likeness (QED) is 0.922. The van der Waals surface area contributed by atoms with Crippen LogP contribution in [-0.4, -0.2) is 32.5 Å². The van der Waals surface area contributed by atoms with E-state index in [2.05, 4.69) is 21.2 Å². The molecule has 1 N–H and O–H groups in total. The van der Waals surface area contributed by atoms with Crippen molar-refractivity contribution >= 4 is 5.91 Å². The van der Waals surface area contributed by atoms with Crippen molar-refractivity contribution in [1.29, 1.82) is 0 Å². The summed E-state index contributed by atoms with van der Waals surface area (Å²) in [5.74, 6) is 0.876. The first kappa shape index (κ1) is 13.8. The van der Waals surface area contributed by atoms with Gasteiger partial charge in [0.1, 0.15) is 12.2 Å². The summed E-state index contributed by atoms with van der Waals surface area (Å²) in [6, 6.07) is 5.99. The number of benzene rings is 1. The number of nitrogens with zero attached hydrogens (tertiary/aromatic N) is 3. The van der Waals surface area contributed by atoms with Gasteiger partial charge in [0, 0.05) is 12.1 Å². The van der Waals surface area contributed by atoms with E-state index >= 15 is 0 Å². The summed E-state index contributed by atoms with van der Waals surface area (Å²) in [7, 11) is 0. The van der Waals surface area contributed by atoms with E-state index in [1.807, 2.05) is 30.9 Å². The Kier molecular flexibility index (Phi) is 3.73. The molecule has 1 aliphatic rings. The van der Waals surface area contributed by atoms with Crippen LogP contribution in [0.25, 0.3) is 0 Å².